The Morgan fingerprint density at radius 3 is 2.86 bits per heavy atom. The lowest BCUT2D eigenvalue weighted by molar-refractivity contribution is -0.116. The molecule has 2 aromatic rings. The van der Waals surface area contributed by atoms with Gasteiger partial charge in [0.15, 0.2) is 0 Å². The summed E-state index contributed by atoms with van der Waals surface area (Å²) in [5.74, 6) is 1.85. The Bertz CT molecular complexity index is 629. The van der Waals surface area contributed by atoms with Gasteiger partial charge in [-0.05, 0) is 31.9 Å². The molecule has 21 heavy (non-hydrogen) atoms. The van der Waals surface area contributed by atoms with Crippen LogP contribution in [0.4, 0.5) is 0 Å². The molecule has 0 spiro atoms. The number of thioether (sulfide) groups is 1. The van der Waals surface area contributed by atoms with E-state index < -0.39 is 0 Å². The van der Waals surface area contributed by atoms with Gasteiger partial charge < -0.3 is 4.57 Å². The number of hydrogen-bond acceptors (Lipinski definition) is 3. The van der Waals surface area contributed by atoms with Crippen LogP contribution in [-0.2, 0) is 17.8 Å². The largest absolute Gasteiger partial charge is 0.328 e. The summed E-state index contributed by atoms with van der Waals surface area (Å²) in [6.07, 6.45) is 5.69. The maximum absolute atomic E-state index is 12.2. The number of aromatic nitrogens is 2. The Labute approximate surface area is 130 Å². The first-order chi connectivity index (χ1) is 10.3. The number of nitrogens with zero attached hydrogens (tertiary/aromatic N) is 2. The van der Waals surface area contributed by atoms with E-state index in [-0.39, 0.29) is 0 Å². The second-order valence-electron chi connectivity index (χ2n) is 5.69. The second kappa shape index (κ2) is 6.65. The van der Waals surface area contributed by atoms with E-state index in [1.165, 1.54) is 25.7 Å². The Hall–Kier alpha value is -1.29. The van der Waals surface area contributed by atoms with Crippen LogP contribution < -0.4 is 0 Å². The number of hydrogen-bond donors (Lipinski definition) is 0. The third-order valence-corrected chi connectivity index (χ3v) is 5.62. The van der Waals surface area contributed by atoms with Crippen molar-refractivity contribution in [1.29, 1.82) is 0 Å². The highest BCUT2D eigenvalue weighted by molar-refractivity contribution is 8.00. The molecular weight excluding hydrogens is 280 g/mol. The molecule has 1 aromatic carbocycles. The molecule has 0 saturated heterocycles. The van der Waals surface area contributed by atoms with Gasteiger partial charge in [-0.3, -0.25) is 4.79 Å². The number of para-hydroxylation sites is 2. The van der Waals surface area contributed by atoms with Gasteiger partial charge in [0.25, 0.3) is 0 Å². The molecular formula is C17H22N2OS. The molecule has 0 atom stereocenters. The molecule has 1 fully saturated rings. The molecule has 0 bridgehead atoms. The molecule has 0 radical (unpaired) electrons. The number of rotatable bonds is 6. The first kappa shape index (κ1) is 14.6. The van der Waals surface area contributed by atoms with Crippen LogP contribution in [0.1, 0.15) is 38.4 Å². The van der Waals surface area contributed by atoms with Crippen LogP contribution in [0.2, 0.25) is 0 Å². The number of Topliss-reactive ketones (excluding diaryl/α,β-unsaturated/α-hetero) is 1. The quantitative estimate of drug-likeness (QED) is 0.813. The minimum Gasteiger partial charge on any atom is -0.328 e. The van der Waals surface area contributed by atoms with Crippen molar-refractivity contribution in [3.8, 4) is 0 Å². The lowest BCUT2D eigenvalue weighted by atomic mass is 10.3. The van der Waals surface area contributed by atoms with Crippen molar-refractivity contribution < 1.29 is 4.79 Å². The lowest BCUT2D eigenvalue weighted by Gasteiger charge is -2.08. The van der Waals surface area contributed by atoms with Crippen molar-refractivity contribution in [2.45, 2.75) is 50.8 Å². The highest BCUT2D eigenvalue weighted by Crippen LogP contribution is 2.29. The van der Waals surface area contributed by atoms with Crippen molar-refractivity contribution in [2.24, 2.45) is 0 Å². The minimum atomic E-state index is 0.303. The standard InChI is InChI=1S/C17H22N2OS/c1-2-19-16-10-6-5-9-15(16)18-17(19)11-13(20)12-21-14-7-3-4-8-14/h5-6,9-10,14H,2-4,7-8,11-12H2,1H3. The van der Waals surface area contributed by atoms with Crippen molar-refractivity contribution in [2.75, 3.05) is 5.75 Å². The Morgan fingerprint density at radius 2 is 2.10 bits per heavy atom. The highest BCUT2D eigenvalue weighted by atomic mass is 32.2. The Morgan fingerprint density at radius 1 is 1.33 bits per heavy atom. The van der Waals surface area contributed by atoms with Gasteiger partial charge in [-0.15, -0.1) is 0 Å². The van der Waals surface area contributed by atoms with E-state index in [1.807, 2.05) is 30.0 Å². The summed E-state index contributed by atoms with van der Waals surface area (Å²) in [6, 6.07) is 8.12. The van der Waals surface area contributed by atoms with E-state index in [0.29, 0.717) is 23.2 Å². The van der Waals surface area contributed by atoms with Crippen LogP contribution in [0.15, 0.2) is 24.3 Å². The molecule has 0 aliphatic heterocycles. The van der Waals surface area contributed by atoms with E-state index in [2.05, 4.69) is 22.5 Å². The number of carbonyl (C=O) groups is 1. The van der Waals surface area contributed by atoms with E-state index in [4.69, 9.17) is 0 Å². The fourth-order valence-corrected chi connectivity index (χ4v) is 4.30. The normalized spacial score (nSPS) is 15.9. The van der Waals surface area contributed by atoms with E-state index in [9.17, 15) is 4.79 Å². The Balaban J connectivity index is 1.67. The average molecular weight is 302 g/mol. The van der Waals surface area contributed by atoms with Gasteiger partial charge in [0, 0.05) is 11.8 Å². The van der Waals surface area contributed by atoms with Crippen molar-refractivity contribution in [1.82, 2.24) is 9.55 Å². The summed E-state index contributed by atoms with van der Waals surface area (Å²) in [4.78, 5) is 16.9. The third-order valence-electron chi connectivity index (χ3n) is 4.19. The second-order valence-corrected chi connectivity index (χ2v) is 6.98. The fraction of sp³-hybridized carbons (Fsp3) is 0.529. The summed E-state index contributed by atoms with van der Waals surface area (Å²) in [7, 11) is 0. The average Bonchev–Trinajstić information content (AvgIpc) is 3.12. The predicted molar refractivity (Wildman–Crippen MR) is 88.8 cm³/mol. The third kappa shape index (κ3) is 3.31. The number of benzene rings is 1. The maximum Gasteiger partial charge on any atom is 0.150 e. The molecule has 0 unspecified atom stereocenters. The van der Waals surface area contributed by atoms with Crippen molar-refractivity contribution in [3.05, 3.63) is 30.1 Å². The first-order valence-corrected chi connectivity index (χ1v) is 8.90. The van der Waals surface area contributed by atoms with Gasteiger partial charge in [-0.1, -0.05) is 25.0 Å². The van der Waals surface area contributed by atoms with Gasteiger partial charge in [0.05, 0.1) is 23.2 Å². The molecule has 1 heterocycles. The maximum atomic E-state index is 12.2. The number of ketones is 1. The minimum absolute atomic E-state index is 0.303. The number of carbonyl (C=O) groups excluding carboxylic acids is 1. The smallest absolute Gasteiger partial charge is 0.150 e. The molecule has 1 aromatic heterocycles. The van der Waals surface area contributed by atoms with Gasteiger partial charge in [-0.2, -0.15) is 11.8 Å². The van der Waals surface area contributed by atoms with Crippen LogP contribution in [0, 0.1) is 0 Å². The van der Waals surface area contributed by atoms with Crippen LogP contribution in [0.5, 0.6) is 0 Å². The number of imidazole rings is 1. The van der Waals surface area contributed by atoms with Gasteiger partial charge in [0.2, 0.25) is 0 Å². The summed E-state index contributed by atoms with van der Waals surface area (Å²) in [5.41, 5.74) is 2.12. The molecule has 4 heteroatoms. The van der Waals surface area contributed by atoms with Crippen LogP contribution in [-0.4, -0.2) is 26.3 Å². The van der Waals surface area contributed by atoms with E-state index >= 15 is 0 Å². The summed E-state index contributed by atoms with van der Waals surface area (Å²) < 4.78 is 2.16. The Kier molecular flexibility index (Phi) is 4.63. The molecule has 1 saturated carbocycles. The zero-order valence-corrected chi connectivity index (χ0v) is 13.4. The predicted octanol–water partition coefficient (Wildman–Crippen LogP) is 3.84. The first-order valence-electron chi connectivity index (χ1n) is 7.85. The zero-order valence-electron chi connectivity index (χ0n) is 12.5. The molecule has 112 valence electrons. The molecule has 3 rings (SSSR count). The van der Waals surface area contributed by atoms with Crippen LogP contribution in [0.25, 0.3) is 11.0 Å². The van der Waals surface area contributed by atoms with Crippen LogP contribution in [0.3, 0.4) is 0 Å². The summed E-state index contributed by atoms with van der Waals surface area (Å²) in [5, 5.41) is 0.707. The summed E-state index contributed by atoms with van der Waals surface area (Å²) in [6.45, 7) is 2.97. The molecule has 1 aliphatic carbocycles. The lowest BCUT2D eigenvalue weighted by Crippen LogP contribution is -2.13. The SMILES string of the molecule is CCn1c(CC(=O)CSC2CCCC2)nc2ccccc21. The number of aryl methyl sites for hydroxylation is 1. The van der Waals surface area contributed by atoms with E-state index in [0.717, 1.165) is 23.4 Å². The molecule has 0 amide bonds. The zero-order chi connectivity index (χ0) is 14.7. The molecule has 0 N–H and O–H groups in total. The molecule has 1 aliphatic rings. The van der Waals surface area contributed by atoms with Gasteiger partial charge in [0.1, 0.15) is 11.6 Å². The fourth-order valence-electron chi connectivity index (χ4n) is 3.11. The number of fused-ring (bicyclic) bond motifs is 1. The topological polar surface area (TPSA) is 34.9 Å². The van der Waals surface area contributed by atoms with Gasteiger partial charge >= 0.3 is 0 Å². The van der Waals surface area contributed by atoms with Crippen molar-refractivity contribution >= 4 is 28.6 Å². The van der Waals surface area contributed by atoms with Crippen LogP contribution >= 0.6 is 11.8 Å². The van der Waals surface area contributed by atoms with Crippen molar-refractivity contribution in [3.63, 3.8) is 0 Å². The van der Waals surface area contributed by atoms with E-state index in [1.54, 1.807) is 0 Å². The summed E-state index contributed by atoms with van der Waals surface area (Å²) >= 11 is 1.85. The monoisotopic (exact) mass is 302 g/mol. The highest BCUT2D eigenvalue weighted by Gasteiger charge is 2.18. The molecule has 3 nitrogen and oxygen atoms in total. The van der Waals surface area contributed by atoms with Gasteiger partial charge in [-0.25, -0.2) is 4.98 Å².